The number of aryl methyl sites for hydroxylation is 2. The highest BCUT2D eigenvalue weighted by molar-refractivity contribution is 5.93. The number of nitrogens with zero attached hydrogens (tertiary/aromatic N) is 3. The van der Waals surface area contributed by atoms with Gasteiger partial charge in [0.1, 0.15) is 11.3 Å². The van der Waals surface area contributed by atoms with Gasteiger partial charge in [0, 0.05) is 24.6 Å². The minimum atomic E-state index is 0.0289. The molecule has 1 spiro atoms. The lowest BCUT2D eigenvalue weighted by atomic mass is 9.38. The normalized spacial score (nSPS) is 34.3. The van der Waals surface area contributed by atoms with Crippen molar-refractivity contribution >= 4 is 11.6 Å². The van der Waals surface area contributed by atoms with Crippen molar-refractivity contribution in [2.45, 2.75) is 44.9 Å². The van der Waals surface area contributed by atoms with Gasteiger partial charge in [-0.05, 0) is 97.8 Å². The Balaban J connectivity index is 1.07. The van der Waals surface area contributed by atoms with Crippen LogP contribution in [-0.2, 0) is 12.8 Å². The molecule has 3 aromatic heterocycles. The third-order valence-electron chi connectivity index (χ3n) is 9.22. The predicted octanol–water partition coefficient (Wildman–Crippen LogP) is 4.07. The predicted molar refractivity (Wildman–Crippen MR) is 118 cm³/mol. The largest absolute Gasteiger partial charge is 0.350 e. The second-order valence-electron chi connectivity index (χ2n) is 10.6. The quantitative estimate of drug-likeness (QED) is 0.664. The van der Waals surface area contributed by atoms with Crippen LogP contribution in [-0.4, -0.2) is 26.8 Å². The SMILES string of the molecule is O=C(NCC12CC3CC4CC(C1)C43C2)c1cccc2nc(CCc3ccccn3)cn12. The zero-order valence-electron chi connectivity index (χ0n) is 17.8. The topological polar surface area (TPSA) is 59.3 Å². The van der Waals surface area contributed by atoms with Crippen LogP contribution in [0, 0.1) is 28.6 Å². The van der Waals surface area contributed by atoms with Gasteiger partial charge in [0.15, 0.2) is 0 Å². The summed E-state index contributed by atoms with van der Waals surface area (Å²) >= 11 is 0. The van der Waals surface area contributed by atoms with Gasteiger partial charge in [0.25, 0.3) is 5.91 Å². The van der Waals surface area contributed by atoms with Crippen LogP contribution >= 0.6 is 0 Å². The van der Waals surface area contributed by atoms with Gasteiger partial charge in [-0.2, -0.15) is 0 Å². The molecule has 31 heavy (non-hydrogen) atoms. The first-order valence-electron chi connectivity index (χ1n) is 11.8. The molecule has 3 aromatic rings. The van der Waals surface area contributed by atoms with Gasteiger partial charge in [-0.1, -0.05) is 12.1 Å². The van der Waals surface area contributed by atoms with Crippen molar-refractivity contribution in [2.75, 3.05) is 6.54 Å². The number of imidazole rings is 1. The summed E-state index contributed by atoms with van der Waals surface area (Å²) < 4.78 is 1.95. The number of pyridine rings is 2. The molecule has 4 saturated carbocycles. The number of carbonyl (C=O) groups is 1. The van der Waals surface area contributed by atoms with Crippen molar-refractivity contribution in [3.8, 4) is 0 Å². The Labute approximate surface area is 182 Å². The van der Waals surface area contributed by atoms with E-state index >= 15 is 0 Å². The van der Waals surface area contributed by atoms with Crippen molar-refractivity contribution in [1.29, 1.82) is 0 Å². The van der Waals surface area contributed by atoms with Crippen molar-refractivity contribution < 1.29 is 4.79 Å². The van der Waals surface area contributed by atoms with E-state index in [1.807, 2.05) is 53.2 Å². The van der Waals surface area contributed by atoms with Crippen LogP contribution < -0.4 is 5.32 Å². The Hall–Kier alpha value is -2.69. The van der Waals surface area contributed by atoms with E-state index in [0.29, 0.717) is 16.5 Å². The maximum absolute atomic E-state index is 13.2. The van der Waals surface area contributed by atoms with Crippen LogP contribution in [0.2, 0.25) is 0 Å². The molecule has 7 rings (SSSR count). The van der Waals surface area contributed by atoms with Gasteiger partial charge in [0.05, 0.1) is 5.69 Å². The number of aromatic nitrogens is 3. The zero-order valence-corrected chi connectivity index (χ0v) is 17.8. The molecule has 3 heterocycles. The van der Waals surface area contributed by atoms with Crippen LogP contribution in [0.3, 0.4) is 0 Å². The molecule has 0 saturated heterocycles. The van der Waals surface area contributed by atoms with E-state index in [-0.39, 0.29) is 5.91 Å². The molecule has 0 aromatic carbocycles. The standard InChI is InChI=1S/C26H28N4O/c31-24(28-16-25-12-18-10-17-11-19(13-25)26(17,18)15-25)22-5-3-6-23-29-21(14-30(22)23)8-7-20-4-1-2-9-27-20/h1-6,9,14,17-19H,7-8,10-13,15-16H2,(H,28,31). The van der Waals surface area contributed by atoms with Crippen molar-refractivity contribution in [1.82, 2.24) is 19.7 Å². The van der Waals surface area contributed by atoms with E-state index in [1.54, 1.807) is 0 Å². The minimum absolute atomic E-state index is 0.0289. The summed E-state index contributed by atoms with van der Waals surface area (Å²) in [4.78, 5) is 22.3. The Morgan fingerprint density at radius 3 is 2.61 bits per heavy atom. The third-order valence-corrected chi connectivity index (χ3v) is 9.22. The summed E-state index contributed by atoms with van der Waals surface area (Å²) in [5, 5.41) is 3.33. The van der Waals surface area contributed by atoms with Gasteiger partial charge in [-0.15, -0.1) is 0 Å². The molecule has 4 fully saturated rings. The molecule has 0 radical (unpaired) electrons. The molecule has 2 bridgehead atoms. The number of hydrogen-bond acceptors (Lipinski definition) is 3. The van der Waals surface area contributed by atoms with Crippen molar-refractivity contribution in [2.24, 2.45) is 28.6 Å². The molecule has 5 heteroatoms. The number of hydrogen-bond donors (Lipinski definition) is 1. The van der Waals surface area contributed by atoms with E-state index in [9.17, 15) is 4.79 Å². The smallest absolute Gasteiger partial charge is 0.268 e. The maximum atomic E-state index is 13.2. The lowest BCUT2D eigenvalue weighted by molar-refractivity contribution is -0.177. The lowest BCUT2D eigenvalue weighted by Gasteiger charge is -2.66. The van der Waals surface area contributed by atoms with E-state index in [4.69, 9.17) is 4.98 Å². The fraction of sp³-hybridized carbons (Fsp3) is 0.500. The summed E-state index contributed by atoms with van der Waals surface area (Å²) in [6.45, 7) is 0.838. The van der Waals surface area contributed by atoms with E-state index < -0.39 is 0 Å². The van der Waals surface area contributed by atoms with Crippen LogP contribution in [0.15, 0.2) is 48.8 Å². The molecular formula is C26H28N4O. The highest BCUT2D eigenvalue weighted by Crippen LogP contribution is 2.84. The molecule has 1 amide bonds. The number of rotatable bonds is 6. The average Bonchev–Trinajstić information content (AvgIpc) is 3.42. The summed E-state index contributed by atoms with van der Waals surface area (Å²) in [5.41, 5.74) is 4.65. The molecule has 4 aliphatic rings. The number of fused-ring (bicyclic) bond motifs is 2. The Morgan fingerprint density at radius 2 is 1.87 bits per heavy atom. The first-order chi connectivity index (χ1) is 15.2. The summed E-state index contributed by atoms with van der Waals surface area (Å²) in [6, 6.07) is 11.8. The zero-order chi connectivity index (χ0) is 20.6. The third kappa shape index (κ3) is 2.46. The number of nitrogens with one attached hydrogen (secondary N) is 1. The molecule has 5 nitrogen and oxygen atoms in total. The van der Waals surface area contributed by atoms with Crippen LogP contribution in [0.1, 0.15) is 54.0 Å². The average molecular weight is 413 g/mol. The van der Waals surface area contributed by atoms with Gasteiger partial charge >= 0.3 is 0 Å². The fourth-order valence-corrected chi connectivity index (χ4v) is 7.98. The van der Waals surface area contributed by atoms with E-state index in [0.717, 1.165) is 54.2 Å². The Kier molecular flexibility index (Phi) is 3.58. The Bertz CT molecular complexity index is 1170. The molecule has 0 aliphatic heterocycles. The first-order valence-corrected chi connectivity index (χ1v) is 11.8. The van der Waals surface area contributed by atoms with E-state index in [2.05, 4.69) is 10.3 Å². The Morgan fingerprint density at radius 1 is 1.03 bits per heavy atom. The number of amides is 1. The molecular weight excluding hydrogens is 384 g/mol. The summed E-state index contributed by atoms with van der Waals surface area (Å²) in [7, 11) is 0. The van der Waals surface area contributed by atoms with Gasteiger partial charge < -0.3 is 5.32 Å². The fourth-order valence-electron chi connectivity index (χ4n) is 7.98. The molecule has 4 aliphatic carbocycles. The van der Waals surface area contributed by atoms with Crippen molar-refractivity contribution in [3.05, 3.63) is 65.9 Å². The summed E-state index contributed by atoms with van der Waals surface area (Å²) in [5.74, 6) is 2.97. The van der Waals surface area contributed by atoms with Crippen LogP contribution in [0.5, 0.6) is 0 Å². The van der Waals surface area contributed by atoms with Gasteiger partial charge in [-0.3, -0.25) is 14.2 Å². The minimum Gasteiger partial charge on any atom is -0.350 e. The van der Waals surface area contributed by atoms with Crippen LogP contribution in [0.25, 0.3) is 5.65 Å². The molecule has 2 unspecified atom stereocenters. The first kappa shape index (κ1) is 17.9. The van der Waals surface area contributed by atoms with Gasteiger partial charge in [0.2, 0.25) is 0 Å². The molecule has 1 N–H and O–H groups in total. The second-order valence-corrected chi connectivity index (χ2v) is 10.6. The monoisotopic (exact) mass is 412 g/mol. The second kappa shape index (κ2) is 6.18. The maximum Gasteiger partial charge on any atom is 0.268 e. The highest BCUT2D eigenvalue weighted by Gasteiger charge is 2.77. The lowest BCUT2D eigenvalue weighted by Crippen LogP contribution is -2.59. The highest BCUT2D eigenvalue weighted by atomic mass is 16.1. The van der Waals surface area contributed by atoms with Gasteiger partial charge in [-0.25, -0.2) is 4.98 Å². The van der Waals surface area contributed by atoms with Crippen molar-refractivity contribution in [3.63, 3.8) is 0 Å². The molecule has 158 valence electrons. The summed E-state index contributed by atoms with van der Waals surface area (Å²) in [6.07, 6.45) is 12.5. The van der Waals surface area contributed by atoms with Crippen LogP contribution in [0.4, 0.5) is 0 Å². The van der Waals surface area contributed by atoms with E-state index in [1.165, 1.54) is 32.1 Å². The molecule has 2 atom stereocenters. The number of carbonyl (C=O) groups excluding carboxylic acids is 1.